The van der Waals surface area contributed by atoms with Crippen molar-refractivity contribution in [1.29, 1.82) is 0 Å². The summed E-state index contributed by atoms with van der Waals surface area (Å²) in [6.45, 7) is 8.71. The predicted molar refractivity (Wildman–Crippen MR) is 178 cm³/mol. The molecule has 8 heteroatoms. The second-order valence-corrected chi connectivity index (χ2v) is 12.4. The van der Waals surface area contributed by atoms with Crippen molar-refractivity contribution in [1.82, 2.24) is 20.0 Å². The number of amides is 1. The number of aromatic nitrogens is 2. The minimum atomic E-state index is -0.319. The highest BCUT2D eigenvalue weighted by Crippen LogP contribution is 2.26. The molecule has 1 aliphatic heterocycles. The number of likely N-dealkylation sites (tertiary alicyclic amines) is 1. The quantitative estimate of drug-likeness (QED) is 0.174. The molecule has 2 aromatic carbocycles. The fraction of sp³-hybridized carbons (Fsp3) is 0.417. The van der Waals surface area contributed by atoms with Gasteiger partial charge in [-0.05, 0) is 99.3 Å². The second kappa shape index (κ2) is 14.6. The predicted octanol–water partition coefficient (Wildman–Crippen LogP) is 5.50. The van der Waals surface area contributed by atoms with Crippen LogP contribution in [-0.2, 0) is 29.6 Å². The molecule has 2 fully saturated rings. The minimum Gasteiger partial charge on any atom is -0.383 e. The van der Waals surface area contributed by atoms with E-state index in [2.05, 4.69) is 82.5 Å². The smallest absolute Gasteiger partial charge is 0.254 e. The van der Waals surface area contributed by atoms with Crippen LogP contribution in [0.2, 0.25) is 0 Å². The Kier molecular flexibility index (Phi) is 10.5. The van der Waals surface area contributed by atoms with Gasteiger partial charge in [0.25, 0.3) is 5.91 Å². The number of ether oxygens (including phenoxy) is 1. The van der Waals surface area contributed by atoms with Crippen LogP contribution in [-0.4, -0.2) is 58.7 Å². The van der Waals surface area contributed by atoms with Crippen molar-refractivity contribution in [3.8, 4) is 11.1 Å². The van der Waals surface area contributed by atoms with Crippen LogP contribution in [0, 0.1) is 5.92 Å². The number of nitrogens with two attached hydrogens (primary N) is 1. The highest BCUT2D eigenvalue weighted by Gasteiger charge is 2.30. The molecule has 2 heterocycles. The topological polar surface area (TPSA) is 97.8 Å². The van der Waals surface area contributed by atoms with E-state index in [4.69, 9.17) is 10.5 Å². The number of hydrogen-bond donors (Lipinski definition) is 2. The van der Waals surface area contributed by atoms with Crippen molar-refractivity contribution in [2.24, 2.45) is 23.7 Å². The van der Waals surface area contributed by atoms with E-state index in [-0.39, 0.29) is 29.5 Å². The van der Waals surface area contributed by atoms with Gasteiger partial charge in [-0.1, -0.05) is 55.1 Å². The van der Waals surface area contributed by atoms with Crippen molar-refractivity contribution in [2.75, 3.05) is 20.1 Å². The Morgan fingerprint density at radius 3 is 2.34 bits per heavy atom. The highest BCUT2D eigenvalue weighted by molar-refractivity contribution is 6.19. The zero-order valence-corrected chi connectivity index (χ0v) is 26.3. The SMILES string of the molecule is C=C(C(=O)N[C@H]1CCC[C@@H]1OCc1ccc(-c2ccc(CC3CCN(C)CC3)cc2)cc1)/C(N)=N\C=C(/C)c1cnn(C)c1. The molecule has 8 nitrogen and oxygen atoms in total. The largest absolute Gasteiger partial charge is 0.383 e. The van der Waals surface area contributed by atoms with Crippen molar-refractivity contribution >= 4 is 17.3 Å². The molecule has 3 aromatic rings. The fourth-order valence-corrected chi connectivity index (χ4v) is 6.04. The Balaban J connectivity index is 1.09. The number of hydrogen-bond acceptors (Lipinski definition) is 5. The summed E-state index contributed by atoms with van der Waals surface area (Å²) in [6.07, 6.45) is 11.7. The Hall–Kier alpha value is -4.01. The first-order valence-corrected chi connectivity index (χ1v) is 15.7. The average Bonchev–Trinajstić information content (AvgIpc) is 3.68. The van der Waals surface area contributed by atoms with E-state index in [1.807, 2.05) is 20.2 Å². The maximum Gasteiger partial charge on any atom is 0.254 e. The summed E-state index contributed by atoms with van der Waals surface area (Å²) in [5.74, 6) is 0.569. The summed E-state index contributed by atoms with van der Waals surface area (Å²) in [6, 6.07) is 17.5. The van der Waals surface area contributed by atoms with Crippen LogP contribution in [0.5, 0.6) is 0 Å². The number of benzene rings is 2. The van der Waals surface area contributed by atoms with Gasteiger partial charge in [-0.2, -0.15) is 5.10 Å². The lowest BCUT2D eigenvalue weighted by molar-refractivity contribution is -0.118. The molecule has 1 aromatic heterocycles. The zero-order valence-electron chi connectivity index (χ0n) is 26.3. The van der Waals surface area contributed by atoms with Crippen LogP contribution in [0.4, 0.5) is 0 Å². The van der Waals surface area contributed by atoms with Gasteiger partial charge in [0.1, 0.15) is 5.84 Å². The number of rotatable bonds is 11. The number of amidine groups is 1. The first-order chi connectivity index (χ1) is 21.2. The Morgan fingerprint density at radius 2 is 1.70 bits per heavy atom. The Labute approximate surface area is 261 Å². The third-order valence-corrected chi connectivity index (χ3v) is 8.98. The fourth-order valence-electron chi connectivity index (χ4n) is 6.04. The maximum atomic E-state index is 12.9. The lowest BCUT2D eigenvalue weighted by atomic mass is 9.90. The van der Waals surface area contributed by atoms with Crippen LogP contribution >= 0.6 is 0 Å². The van der Waals surface area contributed by atoms with Crippen LogP contribution in [0.25, 0.3) is 16.7 Å². The molecule has 1 aliphatic carbocycles. The van der Waals surface area contributed by atoms with Gasteiger partial charge in [0.2, 0.25) is 0 Å². The number of allylic oxidation sites excluding steroid dienone is 1. The number of carbonyl (C=O) groups is 1. The number of nitrogens with zero attached hydrogens (tertiary/aromatic N) is 4. The van der Waals surface area contributed by atoms with Gasteiger partial charge in [-0.3, -0.25) is 9.48 Å². The second-order valence-electron chi connectivity index (χ2n) is 12.4. The molecular formula is C36H46N6O2. The van der Waals surface area contributed by atoms with Crippen molar-refractivity contribution < 1.29 is 9.53 Å². The van der Waals surface area contributed by atoms with Gasteiger partial charge in [0.05, 0.1) is 30.5 Å². The Morgan fingerprint density at radius 1 is 1.05 bits per heavy atom. The summed E-state index contributed by atoms with van der Waals surface area (Å²) < 4.78 is 8.01. The number of aryl methyl sites for hydroxylation is 1. The summed E-state index contributed by atoms with van der Waals surface area (Å²) in [5.41, 5.74) is 13.0. The van der Waals surface area contributed by atoms with Gasteiger partial charge in [0, 0.05) is 25.0 Å². The number of piperidine rings is 1. The van der Waals surface area contributed by atoms with E-state index in [0.29, 0.717) is 6.61 Å². The molecule has 44 heavy (non-hydrogen) atoms. The van der Waals surface area contributed by atoms with Crippen molar-refractivity contribution in [3.63, 3.8) is 0 Å². The van der Waals surface area contributed by atoms with Crippen LogP contribution < -0.4 is 11.1 Å². The minimum absolute atomic E-state index is 0.0607. The van der Waals surface area contributed by atoms with E-state index in [1.165, 1.54) is 49.0 Å². The van der Waals surface area contributed by atoms with E-state index in [1.54, 1.807) is 17.1 Å². The average molecular weight is 595 g/mol. The molecule has 0 unspecified atom stereocenters. The molecule has 1 saturated carbocycles. The molecule has 0 spiro atoms. The molecular weight excluding hydrogens is 548 g/mol. The maximum absolute atomic E-state index is 12.9. The number of aliphatic imine (C=N–C) groups is 1. The van der Waals surface area contributed by atoms with Crippen LogP contribution in [0.1, 0.15) is 55.7 Å². The normalized spacial score (nSPS) is 20.2. The summed E-state index contributed by atoms with van der Waals surface area (Å²) in [5, 5.41) is 7.23. The van der Waals surface area contributed by atoms with Crippen molar-refractivity contribution in [3.05, 3.63) is 96.0 Å². The molecule has 5 rings (SSSR count). The third-order valence-electron chi connectivity index (χ3n) is 8.98. The molecule has 0 bridgehead atoms. The summed E-state index contributed by atoms with van der Waals surface area (Å²) in [7, 11) is 4.07. The van der Waals surface area contributed by atoms with Gasteiger partial charge >= 0.3 is 0 Å². The molecule has 1 amide bonds. The lowest BCUT2D eigenvalue weighted by Gasteiger charge is -2.29. The van der Waals surface area contributed by atoms with Crippen LogP contribution in [0.3, 0.4) is 0 Å². The molecule has 232 valence electrons. The molecule has 0 radical (unpaired) electrons. The number of nitrogens with one attached hydrogen (secondary N) is 1. The first-order valence-electron chi connectivity index (χ1n) is 15.7. The van der Waals surface area contributed by atoms with E-state index < -0.39 is 0 Å². The van der Waals surface area contributed by atoms with E-state index in [9.17, 15) is 4.79 Å². The first kappa shape index (κ1) is 31.4. The molecule has 2 atom stereocenters. The molecule has 2 aliphatic rings. The molecule has 1 saturated heterocycles. The summed E-state index contributed by atoms with van der Waals surface area (Å²) >= 11 is 0. The van der Waals surface area contributed by atoms with Gasteiger partial charge in [-0.15, -0.1) is 0 Å². The highest BCUT2D eigenvalue weighted by atomic mass is 16.5. The van der Waals surface area contributed by atoms with Crippen LogP contribution in [0.15, 0.2) is 84.3 Å². The zero-order chi connectivity index (χ0) is 31.1. The van der Waals surface area contributed by atoms with Gasteiger partial charge < -0.3 is 20.7 Å². The third kappa shape index (κ3) is 8.33. The number of carbonyl (C=O) groups excluding carboxylic acids is 1. The van der Waals surface area contributed by atoms with Crippen molar-refractivity contribution in [2.45, 2.75) is 64.2 Å². The van der Waals surface area contributed by atoms with E-state index >= 15 is 0 Å². The standard InChI is InChI=1S/C36H46N6O2/c1-25(32-22-39-42(4)23-32)21-38-35(37)26(2)36(43)40-33-6-5-7-34(33)44-24-29-10-14-31(15-11-29)30-12-8-27(9-13-30)20-28-16-18-41(3)19-17-28/h8-15,21-23,28,33-34H,2,5-7,16-20,24H2,1,3-4H3,(H2,37,38)(H,40,43)/b25-21+/t33-,34-/m0/s1. The van der Waals surface area contributed by atoms with E-state index in [0.717, 1.165) is 41.9 Å². The van der Waals surface area contributed by atoms with Gasteiger partial charge in [0.15, 0.2) is 0 Å². The lowest BCUT2D eigenvalue weighted by Crippen LogP contribution is -2.43. The van der Waals surface area contributed by atoms with Gasteiger partial charge in [-0.25, -0.2) is 4.99 Å². The molecule has 3 N–H and O–H groups in total. The monoisotopic (exact) mass is 594 g/mol. The summed E-state index contributed by atoms with van der Waals surface area (Å²) in [4.78, 5) is 19.6. The Bertz CT molecular complexity index is 1480.